The van der Waals surface area contributed by atoms with Gasteiger partial charge in [0.25, 0.3) is 0 Å². The van der Waals surface area contributed by atoms with Gasteiger partial charge in [-0.05, 0) is 20.3 Å². The first-order valence-electron chi connectivity index (χ1n) is 3.72. The summed E-state index contributed by atoms with van der Waals surface area (Å²) in [5.41, 5.74) is 2.37. The first kappa shape index (κ1) is 10.5. The van der Waals surface area contributed by atoms with Crippen molar-refractivity contribution in [3.05, 3.63) is 36.0 Å². The molecule has 0 rings (SSSR count). The van der Waals surface area contributed by atoms with Crippen molar-refractivity contribution >= 4 is 11.6 Å². The summed E-state index contributed by atoms with van der Waals surface area (Å²) < 4.78 is 0. The van der Waals surface area contributed by atoms with Gasteiger partial charge < -0.3 is 0 Å². The lowest BCUT2D eigenvalue weighted by Crippen LogP contribution is -1.76. The van der Waals surface area contributed by atoms with Crippen LogP contribution in [-0.4, -0.2) is 5.88 Å². The van der Waals surface area contributed by atoms with Gasteiger partial charge in [0.1, 0.15) is 0 Å². The second-order valence-corrected chi connectivity index (χ2v) is 3.04. The highest BCUT2D eigenvalue weighted by molar-refractivity contribution is 6.17. The van der Waals surface area contributed by atoms with Crippen LogP contribution < -0.4 is 0 Å². The molecule has 0 radical (unpaired) electrons. The Morgan fingerprint density at radius 3 is 2.55 bits per heavy atom. The number of allylic oxidation sites excluding steroid dienone is 5. The number of hydrogen-bond donors (Lipinski definition) is 0. The van der Waals surface area contributed by atoms with E-state index >= 15 is 0 Å². The average molecular weight is 171 g/mol. The highest BCUT2D eigenvalue weighted by Crippen LogP contribution is 2.01. The van der Waals surface area contributed by atoms with Gasteiger partial charge in [0.15, 0.2) is 0 Å². The summed E-state index contributed by atoms with van der Waals surface area (Å²) in [4.78, 5) is 0. The van der Waals surface area contributed by atoms with E-state index in [4.69, 9.17) is 11.6 Å². The maximum absolute atomic E-state index is 5.56. The van der Waals surface area contributed by atoms with Crippen LogP contribution in [0.4, 0.5) is 0 Å². The molecule has 0 spiro atoms. The highest BCUT2D eigenvalue weighted by atomic mass is 35.5. The molecule has 11 heavy (non-hydrogen) atoms. The molecule has 0 aromatic heterocycles. The second kappa shape index (κ2) is 6.23. The third-order valence-electron chi connectivity index (χ3n) is 1.25. The van der Waals surface area contributed by atoms with Crippen LogP contribution in [0.15, 0.2) is 36.0 Å². The fourth-order valence-electron chi connectivity index (χ4n) is 0.609. The monoisotopic (exact) mass is 170 g/mol. The molecule has 0 saturated carbocycles. The van der Waals surface area contributed by atoms with E-state index in [1.807, 2.05) is 19.1 Å². The zero-order valence-electron chi connectivity index (χ0n) is 7.23. The van der Waals surface area contributed by atoms with Crippen LogP contribution in [-0.2, 0) is 0 Å². The topological polar surface area (TPSA) is 0 Å². The summed E-state index contributed by atoms with van der Waals surface area (Å²) in [5, 5.41) is 0. The molecular weight excluding hydrogens is 156 g/mol. The molecule has 0 unspecified atom stereocenters. The van der Waals surface area contributed by atoms with E-state index < -0.39 is 0 Å². The molecule has 0 bridgehead atoms. The smallest absolute Gasteiger partial charge is 0.0260 e. The van der Waals surface area contributed by atoms with Crippen molar-refractivity contribution in [2.24, 2.45) is 0 Å². The molecular formula is C10H15Cl. The fourth-order valence-corrected chi connectivity index (χ4v) is 0.907. The quantitative estimate of drug-likeness (QED) is 0.446. The SMILES string of the molecule is C=C(C)/C=C/C=C(/C)CCCl. The Labute approximate surface area is 74.3 Å². The molecule has 62 valence electrons. The number of hydrogen-bond acceptors (Lipinski definition) is 0. The molecule has 0 atom stereocenters. The summed E-state index contributed by atoms with van der Waals surface area (Å²) >= 11 is 5.56. The summed E-state index contributed by atoms with van der Waals surface area (Å²) in [6.07, 6.45) is 7.01. The predicted octanol–water partition coefficient (Wildman–Crippen LogP) is 3.69. The lowest BCUT2D eigenvalue weighted by Gasteiger charge is -1.92. The van der Waals surface area contributed by atoms with E-state index in [1.54, 1.807) is 0 Å². The molecule has 1 heteroatoms. The molecule has 0 aliphatic carbocycles. The summed E-state index contributed by atoms with van der Waals surface area (Å²) in [6, 6.07) is 0. The van der Waals surface area contributed by atoms with E-state index in [2.05, 4.69) is 19.6 Å². The van der Waals surface area contributed by atoms with Crippen LogP contribution in [0.1, 0.15) is 20.3 Å². The average Bonchev–Trinajstić information content (AvgIpc) is 1.87. The highest BCUT2D eigenvalue weighted by Gasteiger charge is 1.83. The van der Waals surface area contributed by atoms with Gasteiger partial charge in [0, 0.05) is 5.88 Å². The molecule has 0 N–H and O–H groups in total. The summed E-state index contributed by atoms with van der Waals surface area (Å²) in [5.74, 6) is 0.698. The van der Waals surface area contributed by atoms with E-state index in [9.17, 15) is 0 Å². The molecule has 0 saturated heterocycles. The van der Waals surface area contributed by atoms with Crippen molar-refractivity contribution in [3.8, 4) is 0 Å². The molecule has 0 aliphatic rings. The number of halogens is 1. The van der Waals surface area contributed by atoms with Gasteiger partial charge in [-0.3, -0.25) is 0 Å². The Kier molecular flexibility index (Phi) is 5.96. The van der Waals surface area contributed by atoms with E-state index in [0.717, 1.165) is 12.0 Å². The first-order chi connectivity index (χ1) is 5.16. The van der Waals surface area contributed by atoms with Gasteiger partial charge in [-0.1, -0.05) is 36.0 Å². The zero-order chi connectivity index (χ0) is 8.69. The van der Waals surface area contributed by atoms with Crippen LogP contribution in [0.3, 0.4) is 0 Å². The van der Waals surface area contributed by atoms with Crippen LogP contribution >= 0.6 is 11.6 Å². The minimum absolute atomic E-state index is 0.698. The third-order valence-corrected chi connectivity index (χ3v) is 1.44. The van der Waals surface area contributed by atoms with Crippen LogP contribution in [0.5, 0.6) is 0 Å². The van der Waals surface area contributed by atoms with Crippen molar-refractivity contribution in [2.45, 2.75) is 20.3 Å². The maximum Gasteiger partial charge on any atom is 0.0260 e. The minimum atomic E-state index is 0.698. The summed E-state index contributed by atoms with van der Waals surface area (Å²) in [6.45, 7) is 7.80. The van der Waals surface area contributed by atoms with E-state index in [1.165, 1.54) is 5.57 Å². The van der Waals surface area contributed by atoms with Gasteiger partial charge in [-0.25, -0.2) is 0 Å². The molecule has 0 nitrogen and oxygen atoms in total. The van der Waals surface area contributed by atoms with Crippen molar-refractivity contribution in [1.29, 1.82) is 0 Å². The van der Waals surface area contributed by atoms with Gasteiger partial charge in [-0.2, -0.15) is 0 Å². The van der Waals surface area contributed by atoms with Gasteiger partial charge >= 0.3 is 0 Å². The molecule has 0 aromatic carbocycles. The lowest BCUT2D eigenvalue weighted by molar-refractivity contribution is 1.11. The van der Waals surface area contributed by atoms with Crippen LogP contribution in [0.2, 0.25) is 0 Å². The Hall–Kier alpha value is -0.490. The van der Waals surface area contributed by atoms with Crippen LogP contribution in [0, 0.1) is 0 Å². The first-order valence-corrected chi connectivity index (χ1v) is 4.25. The number of alkyl halides is 1. The minimum Gasteiger partial charge on any atom is -0.126 e. The van der Waals surface area contributed by atoms with Gasteiger partial charge in [-0.15, -0.1) is 11.6 Å². The maximum atomic E-state index is 5.56. The van der Waals surface area contributed by atoms with Gasteiger partial charge in [0.2, 0.25) is 0 Å². The second-order valence-electron chi connectivity index (χ2n) is 2.66. The third kappa shape index (κ3) is 7.41. The van der Waals surface area contributed by atoms with Crippen molar-refractivity contribution < 1.29 is 0 Å². The molecule has 0 amide bonds. The lowest BCUT2D eigenvalue weighted by atomic mass is 10.2. The largest absolute Gasteiger partial charge is 0.126 e. The van der Waals surface area contributed by atoms with E-state index in [0.29, 0.717) is 5.88 Å². The van der Waals surface area contributed by atoms with Crippen molar-refractivity contribution in [1.82, 2.24) is 0 Å². The Balaban J connectivity index is 3.80. The molecule has 0 fully saturated rings. The molecule has 0 aromatic rings. The fraction of sp³-hybridized carbons (Fsp3) is 0.400. The summed E-state index contributed by atoms with van der Waals surface area (Å²) in [7, 11) is 0. The van der Waals surface area contributed by atoms with Crippen molar-refractivity contribution in [3.63, 3.8) is 0 Å². The van der Waals surface area contributed by atoms with E-state index in [-0.39, 0.29) is 0 Å². The Morgan fingerprint density at radius 1 is 1.45 bits per heavy atom. The predicted molar refractivity (Wildman–Crippen MR) is 53.0 cm³/mol. The zero-order valence-corrected chi connectivity index (χ0v) is 7.99. The Bertz CT molecular complexity index is 175. The molecule has 0 aliphatic heterocycles. The van der Waals surface area contributed by atoms with Gasteiger partial charge in [0.05, 0.1) is 0 Å². The Morgan fingerprint density at radius 2 is 2.09 bits per heavy atom. The standard InChI is InChI=1S/C10H15Cl/c1-9(2)5-4-6-10(3)7-8-11/h4-6H,1,7-8H2,2-3H3/b5-4+,10-6-. The number of rotatable bonds is 4. The van der Waals surface area contributed by atoms with Crippen LogP contribution in [0.25, 0.3) is 0 Å². The molecule has 0 heterocycles. The van der Waals surface area contributed by atoms with Crippen molar-refractivity contribution in [2.75, 3.05) is 5.88 Å². The normalized spacial score (nSPS) is 12.5.